The van der Waals surface area contributed by atoms with Crippen molar-refractivity contribution in [3.05, 3.63) is 23.3 Å². The molecule has 176 valence electrons. The predicted molar refractivity (Wildman–Crippen MR) is 129 cm³/mol. The van der Waals surface area contributed by atoms with Gasteiger partial charge in [0.05, 0.1) is 22.0 Å². The van der Waals surface area contributed by atoms with Crippen LogP contribution in [0.5, 0.6) is 0 Å². The summed E-state index contributed by atoms with van der Waals surface area (Å²) >= 11 is 0. The van der Waals surface area contributed by atoms with Crippen LogP contribution in [0.1, 0.15) is 96.8 Å². The van der Waals surface area contributed by atoms with Gasteiger partial charge in [-0.25, -0.2) is 8.61 Å². The number of carbonyl (C=O) groups excluding carboxylic acids is 4. The van der Waals surface area contributed by atoms with E-state index in [0.717, 1.165) is 49.8 Å². The molecular weight excluding hydrogens is 444 g/mol. The molecule has 6 nitrogen and oxygen atoms in total. The lowest BCUT2D eigenvalue weighted by molar-refractivity contribution is -0.132. The van der Waals surface area contributed by atoms with E-state index in [0.29, 0.717) is 17.6 Å². The number of hydrogen-bond acceptors (Lipinski definition) is 6. The Bertz CT molecular complexity index is 743. The largest absolute Gasteiger partial charge is 0.268 e. The maximum atomic E-state index is 12.7. The van der Waals surface area contributed by atoms with Gasteiger partial charge in [-0.1, -0.05) is 90.4 Å². The number of unbranched alkanes of at least 4 members (excludes halogenated alkanes) is 12. The summed E-state index contributed by atoms with van der Waals surface area (Å²) in [5.41, 5.74) is 0.691. The number of imide groups is 2. The fourth-order valence-electron chi connectivity index (χ4n) is 4.49. The molecule has 0 spiro atoms. The number of nitrogens with zero attached hydrogens (tertiary/aromatic N) is 2. The van der Waals surface area contributed by atoms with Crippen molar-refractivity contribution in [3.8, 4) is 0 Å². The molecule has 0 unspecified atom stereocenters. The molecule has 0 radical (unpaired) electrons. The van der Waals surface area contributed by atoms with Crippen molar-refractivity contribution in [1.82, 2.24) is 8.61 Å². The van der Waals surface area contributed by atoms with Gasteiger partial charge < -0.3 is 0 Å². The van der Waals surface area contributed by atoms with Crippen LogP contribution >= 0.6 is 22.0 Å². The van der Waals surface area contributed by atoms with Crippen molar-refractivity contribution >= 4 is 45.6 Å². The maximum absolute atomic E-state index is 12.7. The highest BCUT2D eigenvalue weighted by Gasteiger charge is 2.45. The van der Waals surface area contributed by atoms with Gasteiger partial charge in [-0.15, -0.1) is 0 Å². The number of amides is 4. The van der Waals surface area contributed by atoms with Crippen LogP contribution in [-0.2, 0) is 19.2 Å². The summed E-state index contributed by atoms with van der Waals surface area (Å²) in [6, 6.07) is 0. The summed E-state index contributed by atoms with van der Waals surface area (Å²) in [5, 5.41) is 0. The molecule has 8 heteroatoms. The lowest BCUT2D eigenvalue weighted by atomic mass is 9.86. The van der Waals surface area contributed by atoms with Crippen LogP contribution in [0, 0.1) is 5.92 Å². The number of hydrogen-bond donors (Lipinski definition) is 0. The Balaban J connectivity index is 1.40. The first-order valence-electron chi connectivity index (χ1n) is 12.1. The molecule has 0 aromatic rings. The van der Waals surface area contributed by atoms with Crippen LogP contribution in [0.15, 0.2) is 23.3 Å². The molecule has 0 aromatic heterocycles. The maximum Gasteiger partial charge on any atom is 0.268 e. The van der Waals surface area contributed by atoms with Crippen molar-refractivity contribution < 1.29 is 19.2 Å². The van der Waals surface area contributed by atoms with Gasteiger partial charge in [0.1, 0.15) is 0 Å². The Morgan fingerprint density at radius 1 is 0.625 bits per heavy atom. The molecule has 0 N–H and O–H groups in total. The minimum Gasteiger partial charge on any atom is -0.268 e. The molecule has 1 fully saturated rings. The monoisotopic (exact) mass is 478 g/mol. The normalized spacial score (nSPS) is 18.8. The van der Waals surface area contributed by atoms with Gasteiger partial charge in [0.2, 0.25) is 0 Å². The Morgan fingerprint density at radius 2 is 1.00 bits per heavy atom. The average Bonchev–Trinajstić information content (AvgIpc) is 3.21. The highest BCUT2D eigenvalue weighted by molar-refractivity contribution is 8.75. The minimum atomic E-state index is -0.482. The Morgan fingerprint density at radius 3 is 1.41 bits per heavy atom. The zero-order chi connectivity index (χ0) is 22.9. The third kappa shape index (κ3) is 6.28. The average molecular weight is 479 g/mol. The van der Waals surface area contributed by atoms with E-state index >= 15 is 0 Å². The molecule has 32 heavy (non-hydrogen) atoms. The first kappa shape index (κ1) is 25.1. The lowest BCUT2D eigenvalue weighted by Crippen LogP contribution is -2.25. The van der Waals surface area contributed by atoms with Crippen molar-refractivity contribution in [2.75, 3.05) is 0 Å². The molecule has 4 amide bonds. The molecule has 3 aliphatic rings. The topological polar surface area (TPSA) is 74.8 Å². The van der Waals surface area contributed by atoms with Crippen LogP contribution in [0.3, 0.4) is 0 Å². The van der Waals surface area contributed by atoms with Crippen LogP contribution < -0.4 is 0 Å². The molecule has 3 rings (SSSR count). The molecule has 3 aliphatic heterocycles. The van der Waals surface area contributed by atoms with Gasteiger partial charge in [0.15, 0.2) is 0 Å². The summed E-state index contributed by atoms with van der Waals surface area (Å²) in [5.74, 6) is -1.98. The summed E-state index contributed by atoms with van der Waals surface area (Å²) in [6.45, 7) is 2.25. The number of fused-ring (bicyclic) bond motifs is 4. The van der Waals surface area contributed by atoms with Crippen LogP contribution in [0.4, 0.5) is 0 Å². The van der Waals surface area contributed by atoms with Crippen molar-refractivity contribution in [3.63, 3.8) is 0 Å². The fourth-order valence-corrected chi connectivity index (χ4v) is 6.47. The third-order valence-corrected chi connectivity index (χ3v) is 8.50. The molecule has 0 aromatic carbocycles. The van der Waals surface area contributed by atoms with Gasteiger partial charge in [0.25, 0.3) is 23.6 Å². The second-order valence-electron chi connectivity index (χ2n) is 8.81. The third-order valence-electron chi connectivity index (χ3n) is 6.35. The first-order chi connectivity index (χ1) is 15.5. The van der Waals surface area contributed by atoms with Gasteiger partial charge in [-0.3, -0.25) is 19.2 Å². The van der Waals surface area contributed by atoms with Gasteiger partial charge in [-0.2, -0.15) is 0 Å². The number of rotatable bonds is 14. The smallest absolute Gasteiger partial charge is 0.268 e. The van der Waals surface area contributed by atoms with Gasteiger partial charge in [-0.05, 0) is 6.42 Å². The van der Waals surface area contributed by atoms with E-state index < -0.39 is 5.92 Å². The van der Waals surface area contributed by atoms with Crippen LogP contribution in [0.25, 0.3) is 0 Å². The second kappa shape index (κ2) is 12.6. The van der Waals surface area contributed by atoms with Crippen molar-refractivity contribution in [2.45, 2.75) is 96.8 Å². The first-order valence-corrected chi connectivity index (χ1v) is 14.2. The molecule has 0 atom stereocenters. The molecule has 0 saturated carbocycles. The van der Waals surface area contributed by atoms with E-state index in [1.165, 1.54) is 76.4 Å². The van der Waals surface area contributed by atoms with E-state index in [9.17, 15) is 19.2 Å². The van der Waals surface area contributed by atoms with E-state index in [4.69, 9.17) is 0 Å². The summed E-state index contributed by atoms with van der Waals surface area (Å²) in [4.78, 5) is 49.8. The zero-order valence-electron chi connectivity index (χ0n) is 19.0. The highest BCUT2D eigenvalue weighted by atomic mass is 33.1. The van der Waals surface area contributed by atoms with Gasteiger partial charge in [0, 0.05) is 29.2 Å². The zero-order valence-corrected chi connectivity index (χ0v) is 20.6. The minimum absolute atomic E-state index is 0.346. The molecule has 0 aliphatic carbocycles. The van der Waals surface area contributed by atoms with Crippen LogP contribution in [-0.4, -0.2) is 32.2 Å². The molecule has 1 saturated heterocycles. The van der Waals surface area contributed by atoms with Crippen molar-refractivity contribution in [2.24, 2.45) is 5.92 Å². The summed E-state index contributed by atoms with van der Waals surface area (Å²) < 4.78 is 2.08. The quantitative estimate of drug-likeness (QED) is 0.134. The fraction of sp³-hybridized carbons (Fsp3) is 0.667. The Hall–Kier alpha value is -1.54. The number of carbonyl (C=O) groups is 4. The molecule has 4 bridgehead atoms. The predicted octanol–water partition coefficient (Wildman–Crippen LogP) is 5.90. The lowest BCUT2D eigenvalue weighted by Gasteiger charge is -2.17. The SMILES string of the molecule is CCCCCCCCCCCCCCCC1C2=CC(=O)N(SSN3C(=O)C=C1C3=O)C2=O. The Labute approximate surface area is 199 Å². The summed E-state index contributed by atoms with van der Waals surface area (Å²) in [7, 11) is 1.67. The van der Waals surface area contributed by atoms with E-state index in [1.54, 1.807) is 0 Å². The Kier molecular flexibility index (Phi) is 9.91. The highest BCUT2D eigenvalue weighted by Crippen LogP contribution is 2.44. The van der Waals surface area contributed by atoms with Crippen molar-refractivity contribution in [1.29, 1.82) is 0 Å². The summed E-state index contributed by atoms with van der Waals surface area (Å²) in [6.07, 6.45) is 19.5. The van der Waals surface area contributed by atoms with Gasteiger partial charge >= 0.3 is 0 Å². The standard InChI is InChI=1S/C24H34N2O4S2/c1-2-3-4-5-6-7-8-9-10-11-12-13-14-15-18-19-16-21(27)25(23(19)29)31-32-26-22(28)17-20(18)24(26)30/h16-18H,2-15H2,1H3. The van der Waals surface area contributed by atoms with Crippen LogP contribution in [0.2, 0.25) is 0 Å². The molecular formula is C24H34N2O4S2. The molecule has 3 heterocycles. The van der Waals surface area contributed by atoms with E-state index in [-0.39, 0.29) is 23.6 Å². The van der Waals surface area contributed by atoms with E-state index in [1.807, 2.05) is 0 Å². The van der Waals surface area contributed by atoms with E-state index in [2.05, 4.69) is 6.92 Å². The second-order valence-corrected chi connectivity index (χ2v) is 10.7.